The first-order valence-corrected chi connectivity index (χ1v) is 18.5. The number of nitrogens with zero attached hydrogens (tertiary/aromatic N) is 4. The summed E-state index contributed by atoms with van der Waals surface area (Å²) >= 11 is 3.22. The molecule has 10 nitrogen and oxygen atoms in total. The third-order valence-corrected chi connectivity index (χ3v) is 10.2. The smallest absolute Gasteiger partial charge is 0.416 e. The van der Waals surface area contributed by atoms with E-state index in [1.807, 2.05) is 0 Å². The number of likely N-dealkylation sites (tertiary alicyclic amines) is 1. The molecule has 294 valence electrons. The number of hydrogen-bond acceptors (Lipinski definition) is 7. The van der Waals surface area contributed by atoms with Gasteiger partial charge in [-0.25, -0.2) is 13.2 Å². The molecule has 1 amide bonds. The van der Waals surface area contributed by atoms with E-state index >= 15 is 8.78 Å². The van der Waals surface area contributed by atoms with Gasteiger partial charge in [0.25, 0.3) is 5.56 Å². The summed E-state index contributed by atoms with van der Waals surface area (Å²) in [5.74, 6) is -3.74. The van der Waals surface area contributed by atoms with Crippen LogP contribution in [0.2, 0.25) is 0 Å². The zero-order chi connectivity index (χ0) is 39.8. The molecule has 2 aliphatic rings. The number of halogens is 7. The lowest BCUT2D eigenvalue weighted by atomic mass is 9.94. The number of aryl methyl sites for hydroxylation is 1. The topological polar surface area (TPSA) is 119 Å². The number of amides is 1. The molecule has 6 rings (SSSR count). The highest BCUT2D eigenvalue weighted by atomic mass is 79.9. The number of hydrogen-bond donors (Lipinski definition) is 2. The van der Waals surface area contributed by atoms with E-state index in [1.165, 1.54) is 38.1 Å². The Hall–Kier alpha value is -4.64. The van der Waals surface area contributed by atoms with Crippen molar-refractivity contribution in [3.63, 3.8) is 0 Å². The third-order valence-electron chi connectivity index (χ3n) is 9.70. The minimum atomic E-state index is -4.97. The fraction of sp³-hybridized carbons (Fsp3) is 0.421. The summed E-state index contributed by atoms with van der Waals surface area (Å²) in [5.41, 5.74) is -2.98. The van der Waals surface area contributed by atoms with Crippen molar-refractivity contribution in [2.45, 2.75) is 70.5 Å². The highest BCUT2D eigenvalue weighted by Gasteiger charge is 2.38. The average molecular weight is 839 g/mol. The van der Waals surface area contributed by atoms with E-state index < -0.39 is 76.6 Å². The van der Waals surface area contributed by atoms with Gasteiger partial charge in [0.05, 0.1) is 30.2 Å². The van der Waals surface area contributed by atoms with Gasteiger partial charge in [0.1, 0.15) is 23.8 Å². The number of benzene rings is 2. The first-order valence-electron chi connectivity index (χ1n) is 17.7. The molecule has 0 spiro atoms. The van der Waals surface area contributed by atoms with Crippen LogP contribution in [-0.4, -0.2) is 68.6 Å². The number of pyridine rings is 1. The zero-order valence-electron chi connectivity index (χ0n) is 29.8. The van der Waals surface area contributed by atoms with Gasteiger partial charge in [-0.15, -0.1) is 5.10 Å². The molecule has 2 atom stereocenters. The molecule has 4 aromatic rings. The van der Waals surface area contributed by atoms with Crippen LogP contribution in [0, 0.1) is 24.5 Å². The van der Waals surface area contributed by atoms with Gasteiger partial charge in [0.15, 0.2) is 0 Å². The third kappa shape index (κ3) is 9.26. The molecule has 1 saturated carbocycles. The first kappa shape index (κ1) is 40.0. The minimum absolute atomic E-state index is 0.00936. The fourth-order valence-electron chi connectivity index (χ4n) is 6.72. The van der Waals surface area contributed by atoms with Gasteiger partial charge in [-0.3, -0.25) is 28.5 Å². The van der Waals surface area contributed by atoms with Gasteiger partial charge in [-0.2, -0.15) is 13.2 Å². The maximum atomic E-state index is 16.1. The predicted molar refractivity (Wildman–Crippen MR) is 192 cm³/mol. The number of alkyl halides is 4. The van der Waals surface area contributed by atoms with Gasteiger partial charge in [0.2, 0.25) is 11.8 Å². The van der Waals surface area contributed by atoms with Crippen molar-refractivity contribution in [3.05, 3.63) is 103 Å². The summed E-state index contributed by atoms with van der Waals surface area (Å²) in [4.78, 5) is 42.6. The minimum Gasteiger partial charge on any atom is -0.492 e. The van der Waals surface area contributed by atoms with Crippen LogP contribution in [0.4, 0.5) is 26.3 Å². The van der Waals surface area contributed by atoms with Crippen LogP contribution >= 0.6 is 15.9 Å². The van der Waals surface area contributed by atoms with E-state index in [1.54, 1.807) is 15.8 Å². The number of carbonyl (C=O) groups is 2. The van der Waals surface area contributed by atoms with Crippen molar-refractivity contribution >= 4 is 27.8 Å². The highest BCUT2D eigenvalue weighted by Crippen LogP contribution is 2.37. The molecule has 1 unspecified atom stereocenters. The molecule has 17 heteroatoms. The monoisotopic (exact) mass is 837 g/mol. The normalized spacial score (nSPS) is 16.1. The van der Waals surface area contributed by atoms with Gasteiger partial charge in [-0.1, -0.05) is 15.9 Å². The summed E-state index contributed by atoms with van der Waals surface area (Å²) < 4.78 is 95.6. The Morgan fingerprint density at radius 3 is 2.47 bits per heavy atom. The van der Waals surface area contributed by atoms with Crippen LogP contribution < -0.4 is 10.9 Å². The fourth-order valence-corrected chi connectivity index (χ4v) is 7.10. The summed E-state index contributed by atoms with van der Waals surface area (Å²) in [5, 5.41) is 17.4. The number of rotatable bonds is 14. The number of aromatic hydroxyl groups is 1. The van der Waals surface area contributed by atoms with Crippen molar-refractivity contribution < 1.29 is 45.8 Å². The Bertz CT molecular complexity index is 2150. The van der Waals surface area contributed by atoms with Crippen LogP contribution in [0.5, 0.6) is 5.88 Å². The Balaban J connectivity index is 1.44. The van der Waals surface area contributed by atoms with Crippen LogP contribution in [-0.2, 0) is 33.5 Å². The van der Waals surface area contributed by atoms with Gasteiger partial charge in [0, 0.05) is 60.2 Å². The first-order chi connectivity index (χ1) is 26.0. The number of aromatic nitrogens is 3. The summed E-state index contributed by atoms with van der Waals surface area (Å²) in [6.45, 7) is 3.54. The van der Waals surface area contributed by atoms with Crippen LogP contribution in [0.15, 0.2) is 58.1 Å². The Kier molecular flexibility index (Phi) is 11.8. The molecule has 3 heterocycles. The standard InChI is InChI=1S/C38H38BrF6N5O5/c1-3-55-33(52)14-31(27-11-23(10-20(2)34(27)42)28-19-49(47-36(28)53)15-21-4-5-21)46-37(54)35(26-12-24(39)6-7-30(26)41)50-16-22(8-9-48-17-25(40)18-48)29(13-32(50)51)38(43,44)45/h6-7,10-13,16,19,21,25,31,35H,3-5,8-9,14-15,17-18H2,1-2H3,(H,46,54)(H,47,53)/t31-,35?/m0/s1. The predicted octanol–water partition coefficient (Wildman–Crippen LogP) is 6.79. The zero-order valence-corrected chi connectivity index (χ0v) is 31.4. The number of carbonyl (C=O) groups excluding carboxylic acids is 2. The summed E-state index contributed by atoms with van der Waals surface area (Å²) in [6.07, 6.45) is -2.54. The molecule has 0 bridgehead atoms. The van der Waals surface area contributed by atoms with Gasteiger partial charge in [-0.05, 0) is 86.1 Å². The number of ether oxygens (including phenoxy) is 1. The Morgan fingerprint density at radius 1 is 1.09 bits per heavy atom. The Labute approximate surface area is 320 Å². The molecule has 1 saturated heterocycles. The second kappa shape index (κ2) is 16.2. The molecule has 1 aliphatic heterocycles. The number of esters is 1. The lowest BCUT2D eigenvalue weighted by Gasteiger charge is -2.34. The maximum Gasteiger partial charge on any atom is 0.416 e. The molecule has 55 heavy (non-hydrogen) atoms. The second-order valence-electron chi connectivity index (χ2n) is 13.9. The average Bonchev–Trinajstić information content (AvgIpc) is 3.84. The second-order valence-corrected chi connectivity index (χ2v) is 14.8. The Morgan fingerprint density at radius 2 is 1.82 bits per heavy atom. The van der Waals surface area contributed by atoms with E-state index in [0.717, 1.165) is 25.1 Å². The van der Waals surface area contributed by atoms with E-state index in [4.69, 9.17) is 4.74 Å². The van der Waals surface area contributed by atoms with E-state index in [-0.39, 0.29) is 59.7 Å². The maximum absolute atomic E-state index is 16.1. The van der Waals surface area contributed by atoms with Crippen LogP contribution in [0.3, 0.4) is 0 Å². The molecule has 2 N–H and O–H groups in total. The molecule has 1 aliphatic carbocycles. The van der Waals surface area contributed by atoms with E-state index in [2.05, 4.69) is 26.3 Å². The van der Waals surface area contributed by atoms with Crippen molar-refractivity contribution in [1.29, 1.82) is 0 Å². The number of nitrogens with one attached hydrogen (secondary N) is 1. The lowest BCUT2D eigenvalue weighted by molar-refractivity contribution is -0.144. The molecular weight excluding hydrogens is 800 g/mol. The van der Waals surface area contributed by atoms with Crippen LogP contribution in [0.25, 0.3) is 11.1 Å². The summed E-state index contributed by atoms with van der Waals surface area (Å²) in [6, 6.07) is 3.09. The van der Waals surface area contributed by atoms with Gasteiger partial charge < -0.3 is 15.2 Å². The lowest BCUT2D eigenvalue weighted by Crippen LogP contribution is -2.49. The molecule has 2 aromatic heterocycles. The molecule has 0 radical (unpaired) electrons. The highest BCUT2D eigenvalue weighted by molar-refractivity contribution is 9.10. The van der Waals surface area contributed by atoms with Crippen molar-refractivity contribution in [1.82, 2.24) is 24.6 Å². The quantitative estimate of drug-likeness (QED) is 0.106. The van der Waals surface area contributed by atoms with Crippen molar-refractivity contribution in [2.75, 3.05) is 26.2 Å². The molecular formula is C38H38BrF6N5O5. The van der Waals surface area contributed by atoms with E-state index in [0.29, 0.717) is 28.7 Å². The van der Waals surface area contributed by atoms with Gasteiger partial charge >= 0.3 is 12.1 Å². The molecule has 2 fully saturated rings. The van der Waals surface area contributed by atoms with Crippen molar-refractivity contribution in [2.24, 2.45) is 5.92 Å². The summed E-state index contributed by atoms with van der Waals surface area (Å²) in [7, 11) is 0. The van der Waals surface area contributed by atoms with Crippen LogP contribution in [0.1, 0.15) is 66.1 Å². The SMILES string of the molecule is CCOC(=O)C[C@H](NC(=O)C(c1cc(Br)ccc1F)n1cc(CCN2CC(F)C2)c(C(F)(F)F)cc1=O)c1cc(-c2cn(CC3CC3)nc2O)cc(C)c1F. The van der Waals surface area contributed by atoms with Crippen molar-refractivity contribution in [3.8, 4) is 17.0 Å². The van der Waals surface area contributed by atoms with E-state index in [9.17, 15) is 37.1 Å². The largest absolute Gasteiger partial charge is 0.492 e. The molecule has 2 aromatic carbocycles.